The number of piperidine rings is 1. The molecule has 0 spiro atoms. The van der Waals surface area contributed by atoms with Crippen molar-refractivity contribution in [1.29, 1.82) is 0 Å². The van der Waals surface area contributed by atoms with E-state index in [4.69, 9.17) is 0 Å². The molecule has 0 aliphatic carbocycles. The van der Waals surface area contributed by atoms with E-state index in [0.717, 1.165) is 6.07 Å². The fourth-order valence-corrected chi connectivity index (χ4v) is 2.42. The molecule has 0 bridgehead atoms. The lowest BCUT2D eigenvalue weighted by atomic mass is 10.0. The average molecular weight is 298 g/mol. The maximum absolute atomic E-state index is 12.7. The quantitative estimate of drug-likeness (QED) is 0.870. The van der Waals surface area contributed by atoms with E-state index in [1.165, 1.54) is 18.2 Å². The van der Waals surface area contributed by atoms with Crippen molar-refractivity contribution < 1.29 is 18.0 Å². The largest absolute Gasteiger partial charge is 0.416 e. The molecule has 6 heteroatoms. The number of hydrogen-bond acceptors (Lipinski definition) is 2. The van der Waals surface area contributed by atoms with Gasteiger partial charge in [-0.2, -0.15) is 13.2 Å². The second-order valence-electron chi connectivity index (χ2n) is 5.02. The molecule has 21 heavy (non-hydrogen) atoms. The van der Waals surface area contributed by atoms with Gasteiger partial charge in [0.05, 0.1) is 5.56 Å². The number of hydrogen-bond donors (Lipinski definition) is 1. The van der Waals surface area contributed by atoms with Crippen molar-refractivity contribution in [2.24, 2.45) is 0 Å². The van der Waals surface area contributed by atoms with Crippen LogP contribution in [-0.4, -0.2) is 25.0 Å². The molecule has 0 unspecified atom stereocenters. The van der Waals surface area contributed by atoms with Crippen LogP contribution < -0.4 is 10.2 Å². The first-order valence-electron chi connectivity index (χ1n) is 6.75. The summed E-state index contributed by atoms with van der Waals surface area (Å²) in [6.07, 6.45) is -1.70. The summed E-state index contributed by atoms with van der Waals surface area (Å²) in [6.45, 7) is 4.62. The van der Waals surface area contributed by atoms with E-state index < -0.39 is 11.7 Å². The molecule has 2 rings (SSSR count). The first-order chi connectivity index (χ1) is 9.90. The number of alkyl halides is 3. The topological polar surface area (TPSA) is 32.3 Å². The van der Waals surface area contributed by atoms with Gasteiger partial charge in [0.2, 0.25) is 5.91 Å². The van der Waals surface area contributed by atoms with Crippen LogP contribution in [0.4, 0.5) is 18.9 Å². The van der Waals surface area contributed by atoms with Gasteiger partial charge in [-0.15, -0.1) is 0 Å². The Labute approximate surface area is 121 Å². The van der Waals surface area contributed by atoms with Crippen LogP contribution in [0.3, 0.4) is 0 Å². The zero-order valence-corrected chi connectivity index (χ0v) is 11.5. The lowest BCUT2D eigenvalue weighted by molar-refractivity contribution is -0.137. The summed E-state index contributed by atoms with van der Waals surface area (Å²) in [4.78, 5) is 13.1. The van der Waals surface area contributed by atoms with E-state index in [0.29, 0.717) is 31.6 Å². The van der Waals surface area contributed by atoms with Crippen LogP contribution in [0.5, 0.6) is 0 Å². The molecule has 1 heterocycles. The molecule has 0 radical (unpaired) electrons. The third-order valence-corrected chi connectivity index (χ3v) is 3.57. The summed E-state index contributed by atoms with van der Waals surface area (Å²) in [7, 11) is 0. The average Bonchev–Trinajstić information content (AvgIpc) is 2.47. The molecule has 3 nitrogen and oxygen atoms in total. The van der Waals surface area contributed by atoms with Gasteiger partial charge in [0.15, 0.2) is 0 Å². The molecular weight excluding hydrogens is 281 g/mol. The molecule has 1 saturated heterocycles. The van der Waals surface area contributed by atoms with Crippen molar-refractivity contribution in [3.8, 4) is 0 Å². The SMILES string of the molecule is C=CC(=O)NC1CCN(c2cccc(C(F)(F)F)c2)CC1. The molecule has 1 aromatic rings. The van der Waals surface area contributed by atoms with Crippen molar-refractivity contribution >= 4 is 11.6 Å². The van der Waals surface area contributed by atoms with Gasteiger partial charge in [0.25, 0.3) is 0 Å². The molecule has 114 valence electrons. The zero-order valence-electron chi connectivity index (χ0n) is 11.5. The van der Waals surface area contributed by atoms with Crippen LogP contribution in [0.2, 0.25) is 0 Å². The number of carbonyl (C=O) groups excluding carboxylic acids is 1. The Hall–Kier alpha value is -1.98. The second-order valence-corrected chi connectivity index (χ2v) is 5.02. The predicted molar refractivity (Wildman–Crippen MR) is 75.0 cm³/mol. The summed E-state index contributed by atoms with van der Waals surface area (Å²) in [5.74, 6) is -0.215. The van der Waals surface area contributed by atoms with Crippen LogP contribution in [-0.2, 0) is 11.0 Å². The van der Waals surface area contributed by atoms with Crippen molar-refractivity contribution in [3.63, 3.8) is 0 Å². The summed E-state index contributed by atoms with van der Waals surface area (Å²) in [5, 5.41) is 2.81. The van der Waals surface area contributed by atoms with Gasteiger partial charge < -0.3 is 10.2 Å². The second kappa shape index (κ2) is 6.20. The predicted octanol–water partition coefficient (Wildman–Crippen LogP) is 2.98. The van der Waals surface area contributed by atoms with Crippen LogP contribution in [0.1, 0.15) is 18.4 Å². The van der Waals surface area contributed by atoms with Gasteiger partial charge in [-0.1, -0.05) is 12.6 Å². The number of rotatable bonds is 3. The van der Waals surface area contributed by atoms with E-state index in [1.807, 2.05) is 4.90 Å². The smallest absolute Gasteiger partial charge is 0.371 e. The van der Waals surface area contributed by atoms with Crippen molar-refractivity contribution in [1.82, 2.24) is 5.32 Å². The number of halogens is 3. The number of carbonyl (C=O) groups is 1. The van der Waals surface area contributed by atoms with Crippen molar-refractivity contribution in [3.05, 3.63) is 42.5 Å². The molecule has 0 saturated carbocycles. The molecule has 1 aliphatic rings. The van der Waals surface area contributed by atoms with Gasteiger partial charge in [0, 0.05) is 24.8 Å². The Morgan fingerprint density at radius 1 is 1.33 bits per heavy atom. The fourth-order valence-electron chi connectivity index (χ4n) is 2.42. The molecule has 0 aromatic heterocycles. The highest BCUT2D eigenvalue weighted by molar-refractivity contribution is 5.87. The fraction of sp³-hybridized carbons (Fsp3) is 0.400. The third kappa shape index (κ3) is 4.00. The zero-order chi connectivity index (χ0) is 15.5. The molecule has 1 amide bonds. The van der Waals surface area contributed by atoms with Crippen LogP contribution in [0.25, 0.3) is 0 Å². The highest BCUT2D eigenvalue weighted by atomic mass is 19.4. The molecule has 1 aliphatic heterocycles. The lowest BCUT2D eigenvalue weighted by Gasteiger charge is -2.34. The summed E-state index contributed by atoms with van der Waals surface area (Å²) < 4.78 is 38.1. The number of nitrogens with zero attached hydrogens (tertiary/aromatic N) is 1. The summed E-state index contributed by atoms with van der Waals surface area (Å²) in [6, 6.07) is 5.39. The van der Waals surface area contributed by atoms with E-state index in [-0.39, 0.29) is 11.9 Å². The minimum Gasteiger partial charge on any atom is -0.371 e. The van der Waals surface area contributed by atoms with E-state index >= 15 is 0 Å². The molecule has 0 atom stereocenters. The van der Waals surface area contributed by atoms with Gasteiger partial charge in [-0.3, -0.25) is 4.79 Å². The monoisotopic (exact) mass is 298 g/mol. The molecule has 1 aromatic carbocycles. The van der Waals surface area contributed by atoms with Crippen molar-refractivity contribution in [2.75, 3.05) is 18.0 Å². The highest BCUT2D eigenvalue weighted by Crippen LogP contribution is 2.32. The molecule has 1 fully saturated rings. The van der Waals surface area contributed by atoms with Crippen molar-refractivity contribution in [2.45, 2.75) is 25.1 Å². The van der Waals surface area contributed by atoms with Crippen LogP contribution in [0.15, 0.2) is 36.9 Å². The number of anilines is 1. The number of nitrogens with one attached hydrogen (secondary N) is 1. The Morgan fingerprint density at radius 2 is 2.00 bits per heavy atom. The third-order valence-electron chi connectivity index (χ3n) is 3.57. The minimum atomic E-state index is -4.33. The molecular formula is C15H17F3N2O. The Balaban J connectivity index is 1.99. The standard InChI is InChI=1S/C15H17F3N2O/c1-2-14(21)19-12-6-8-20(9-7-12)13-5-3-4-11(10-13)15(16,17)18/h2-5,10,12H,1,6-9H2,(H,19,21). The number of benzene rings is 1. The molecule has 1 N–H and O–H groups in total. The minimum absolute atomic E-state index is 0.0533. The first-order valence-corrected chi connectivity index (χ1v) is 6.75. The highest BCUT2D eigenvalue weighted by Gasteiger charge is 2.31. The van der Waals surface area contributed by atoms with Gasteiger partial charge >= 0.3 is 6.18 Å². The van der Waals surface area contributed by atoms with E-state index in [9.17, 15) is 18.0 Å². The van der Waals surface area contributed by atoms with E-state index in [1.54, 1.807) is 6.07 Å². The first kappa shape index (κ1) is 15.4. The lowest BCUT2D eigenvalue weighted by Crippen LogP contribution is -2.44. The Morgan fingerprint density at radius 3 is 2.57 bits per heavy atom. The van der Waals surface area contributed by atoms with Gasteiger partial charge in [0.1, 0.15) is 0 Å². The maximum Gasteiger partial charge on any atom is 0.416 e. The Kier molecular flexibility index (Phi) is 4.55. The van der Waals surface area contributed by atoms with Crippen LogP contribution in [0, 0.1) is 0 Å². The van der Waals surface area contributed by atoms with Gasteiger partial charge in [-0.05, 0) is 37.1 Å². The summed E-state index contributed by atoms with van der Waals surface area (Å²) in [5.41, 5.74) is -0.0691. The van der Waals surface area contributed by atoms with Crippen LogP contribution >= 0.6 is 0 Å². The normalized spacial score (nSPS) is 16.6. The number of amides is 1. The Bertz CT molecular complexity index is 520. The summed E-state index contributed by atoms with van der Waals surface area (Å²) >= 11 is 0. The maximum atomic E-state index is 12.7. The van der Waals surface area contributed by atoms with Gasteiger partial charge in [-0.25, -0.2) is 0 Å². The van der Waals surface area contributed by atoms with E-state index in [2.05, 4.69) is 11.9 Å².